The van der Waals surface area contributed by atoms with Crippen LogP contribution < -0.4 is 20.2 Å². The van der Waals surface area contributed by atoms with E-state index >= 15 is 0 Å². The van der Waals surface area contributed by atoms with E-state index in [-0.39, 0.29) is 24.4 Å². The first-order chi connectivity index (χ1) is 24.2. The van der Waals surface area contributed by atoms with Crippen molar-refractivity contribution >= 4 is 34.6 Å². The van der Waals surface area contributed by atoms with Gasteiger partial charge in [0.15, 0.2) is 0 Å². The molecule has 2 aromatic heterocycles. The van der Waals surface area contributed by atoms with Crippen LogP contribution in [-0.4, -0.2) is 74.6 Å². The number of hydrogen-bond donors (Lipinski definition) is 0. The average molecular weight is 720 g/mol. The van der Waals surface area contributed by atoms with Crippen molar-refractivity contribution in [1.29, 1.82) is 0 Å². The second kappa shape index (κ2) is 14.5. The van der Waals surface area contributed by atoms with Gasteiger partial charge < -0.3 is 24.0 Å². The fourth-order valence-corrected chi connectivity index (χ4v) is 7.05. The van der Waals surface area contributed by atoms with Crippen molar-refractivity contribution in [2.24, 2.45) is 0 Å². The van der Waals surface area contributed by atoms with Crippen molar-refractivity contribution < 1.29 is 14.2 Å². The van der Waals surface area contributed by atoms with E-state index in [1.807, 2.05) is 44.2 Å². The fourth-order valence-electron chi connectivity index (χ4n) is 6.50. The van der Waals surface area contributed by atoms with E-state index in [4.69, 9.17) is 37.4 Å². The van der Waals surface area contributed by atoms with Gasteiger partial charge in [-0.05, 0) is 80.9 Å². The fraction of sp³-hybridized carbons (Fsp3) is 0.389. The first kappa shape index (κ1) is 34.1. The van der Waals surface area contributed by atoms with Crippen LogP contribution in [0.5, 0.6) is 5.75 Å². The van der Waals surface area contributed by atoms with Gasteiger partial charge in [0.05, 0.1) is 23.4 Å². The highest BCUT2D eigenvalue weighted by atomic mass is 35.5. The van der Waals surface area contributed by atoms with Crippen LogP contribution in [0, 0.1) is 6.92 Å². The molecule has 50 heavy (non-hydrogen) atoms. The molecule has 0 aliphatic carbocycles. The molecule has 12 nitrogen and oxygen atoms in total. The third kappa shape index (κ3) is 6.98. The van der Waals surface area contributed by atoms with Crippen LogP contribution in [-0.2, 0) is 21.8 Å². The largest absolute Gasteiger partial charge is 0.491 e. The number of ether oxygens (including phenoxy) is 3. The van der Waals surface area contributed by atoms with Crippen molar-refractivity contribution in [2.45, 2.75) is 51.7 Å². The monoisotopic (exact) mass is 718 g/mol. The van der Waals surface area contributed by atoms with Gasteiger partial charge in [-0.15, -0.1) is 0 Å². The van der Waals surface area contributed by atoms with Gasteiger partial charge in [-0.3, -0.25) is 0 Å². The first-order valence-electron chi connectivity index (χ1n) is 16.8. The summed E-state index contributed by atoms with van der Waals surface area (Å²) in [7, 11) is 0. The van der Waals surface area contributed by atoms with Crippen LogP contribution in [0.15, 0.2) is 84.2 Å². The van der Waals surface area contributed by atoms with Gasteiger partial charge in [-0.25, -0.2) is 23.7 Å². The molecule has 5 aromatic rings. The number of benzene rings is 3. The summed E-state index contributed by atoms with van der Waals surface area (Å²) in [5, 5.41) is 9.70. The quantitative estimate of drug-likeness (QED) is 0.166. The minimum atomic E-state index is -1.16. The van der Waals surface area contributed by atoms with Crippen LogP contribution in [0.1, 0.15) is 37.7 Å². The number of rotatable bonds is 11. The Hall–Kier alpha value is -4.36. The van der Waals surface area contributed by atoms with Crippen LogP contribution in [0.3, 0.4) is 0 Å². The number of nitrogens with zero attached hydrogens (tertiary/aromatic N) is 8. The Labute approximate surface area is 300 Å². The molecule has 2 aliphatic heterocycles. The molecule has 3 atom stereocenters. The minimum absolute atomic E-state index is 0.0586. The van der Waals surface area contributed by atoms with Gasteiger partial charge in [0.25, 0.3) is 0 Å². The Morgan fingerprint density at radius 1 is 0.960 bits per heavy atom. The van der Waals surface area contributed by atoms with E-state index in [1.54, 1.807) is 32.4 Å². The number of halogens is 2. The zero-order valence-corrected chi connectivity index (χ0v) is 29.8. The molecular formula is C36H40Cl2N8O4. The summed E-state index contributed by atoms with van der Waals surface area (Å²) in [6.45, 7) is 10.4. The highest BCUT2D eigenvalue weighted by Gasteiger charge is 2.45. The molecular weight excluding hydrogens is 679 g/mol. The smallest absolute Gasteiger partial charge is 0.350 e. The lowest BCUT2D eigenvalue weighted by atomic mass is 10.1. The molecule has 0 radical (unpaired) electrons. The molecule has 0 N–H and O–H groups in total. The SMILES string of the molecule is CCC(C)n1nc(C)n(-c2ccc(N3CCN(c4ccc(OC[C@@H]5COC(Cn6cncn6)(c6ccc(Cl)cc6Cl)O5)cc4)CC3)cc2)c1=O. The maximum absolute atomic E-state index is 13.0. The van der Waals surface area contributed by atoms with Gasteiger partial charge >= 0.3 is 5.69 Å². The van der Waals surface area contributed by atoms with Gasteiger partial charge in [0.2, 0.25) is 5.79 Å². The van der Waals surface area contributed by atoms with Gasteiger partial charge in [0.1, 0.15) is 43.5 Å². The number of aromatic nitrogens is 6. The number of piperazine rings is 1. The lowest BCUT2D eigenvalue weighted by Gasteiger charge is -2.37. The molecule has 0 spiro atoms. The molecule has 262 valence electrons. The molecule has 14 heteroatoms. The molecule has 2 saturated heterocycles. The number of aryl methyl sites for hydroxylation is 1. The van der Waals surface area contributed by atoms with Gasteiger partial charge in [-0.1, -0.05) is 36.2 Å². The van der Waals surface area contributed by atoms with E-state index in [2.05, 4.69) is 56.2 Å². The molecule has 0 amide bonds. The molecule has 0 bridgehead atoms. The predicted molar refractivity (Wildman–Crippen MR) is 193 cm³/mol. The maximum atomic E-state index is 13.0. The molecule has 2 fully saturated rings. The van der Waals surface area contributed by atoms with E-state index in [1.165, 1.54) is 6.33 Å². The van der Waals surface area contributed by atoms with Crippen LogP contribution >= 0.6 is 23.2 Å². The highest BCUT2D eigenvalue weighted by Crippen LogP contribution is 2.40. The minimum Gasteiger partial charge on any atom is -0.491 e. The Bertz CT molecular complexity index is 1960. The predicted octanol–water partition coefficient (Wildman–Crippen LogP) is 5.89. The highest BCUT2D eigenvalue weighted by molar-refractivity contribution is 6.35. The standard InChI is InChI=1S/C36H40Cl2N8O4/c1-4-25(2)46-35(47)45(26(3)41-46)30-8-6-28(7-9-30)42-15-17-43(18-16-42)29-10-12-31(13-11-29)48-20-32-21-49-36(50-32,22-44-24-39-23-40-44)33-14-5-27(37)19-34(33)38/h5-14,19,23-25,32H,4,15-18,20-22H2,1-3H3/t25?,32-,36?/m1/s1. The van der Waals surface area contributed by atoms with Crippen LogP contribution in [0.25, 0.3) is 5.69 Å². The van der Waals surface area contributed by atoms with Gasteiger partial charge in [0, 0.05) is 48.1 Å². The number of anilines is 2. The van der Waals surface area contributed by atoms with E-state index in [0.717, 1.165) is 55.4 Å². The molecule has 0 saturated carbocycles. The third-order valence-electron chi connectivity index (χ3n) is 9.40. The summed E-state index contributed by atoms with van der Waals surface area (Å²) in [5.74, 6) is 0.279. The van der Waals surface area contributed by atoms with Crippen molar-refractivity contribution in [2.75, 3.05) is 49.2 Å². The van der Waals surface area contributed by atoms with Gasteiger partial charge in [-0.2, -0.15) is 10.2 Å². The summed E-state index contributed by atoms with van der Waals surface area (Å²) < 4.78 is 23.8. The Morgan fingerprint density at radius 2 is 1.62 bits per heavy atom. The summed E-state index contributed by atoms with van der Waals surface area (Å²) in [4.78, 5) is 21.8. The summed E-state index contributed by atoms with van der Waals surface area (Å²) in [6.07, 6.45) is 3.59. The Balaban J connectivity index is 0.931. The zero-order valence-electron chi connectivity index (χ0n) is 28.3. The Kier molecular flexibility index (Phi) is 9.87. The molecule has 7 rings (SSSR count). The van der Waals surface area contributed by atoms with Crippen molar-refractivity contribution in [3.63, 3.8) is 0 Å². The summed E-state index contributed by atoms with van der Waals surface area (Å²) in [5.41, 5.74) is 3.68. The first-order valence-corrected chi connectivity index (χ1v) is 17.6. The second-order valence-corrected chi connectivity index (χ2v) is 13.5. The second-order valence-electron chi connectivity index (χ2n) is 12.7. The average Bonchev–Trinajstić information content (AvgIpc) is 3.87. The van der Waals surface area contributed by atoms with E-state index in [0.29, 0.717) is 34.6 Å². The van der Waals surface area contributed by atoms with E-state index < -0.39 is 5.79 Å². The summed E-state index contributed by atoms with van der Waals surface area (Å²) in [6, 6.07) is 21.7. The number of hydrogen-bond acceptors (Lipinski definition) is 9. The lowest BCUT2D eigenvalue weighted by molar-refractivity contribution is -0.190. The van der Waals surface area contributed by atoms with E-state index in [9.17, 15) is 4.79 Å². The van der Waals surface area contributed by atoms with Crippen LogP contribution in [0.4, 0.5) is 11.4 Å². The van der Waals surface area contributed by atoms with Crippen LogP contribution in [0.2, 0.25) is 10.0 Å². The maximum Gasteiger partial charge on any atom is 0.350 e. The summed E-state index contributed by atoms with van der Waals surface area (Å²) >= 11 is 12.7. The molecule has 2 aliphatic rings. The van der Waals surface area contributed by atoms with Crippen molar-refractivity contribution in [3.8, 4) is 11.4 Å². The van der Waals surface area contributed by atoms with Crippen molar-refractivity contribution in [3.05, 3.63) is 111 Å². The molecule has 2 unspecified atom stereocenters. The Morgan fingerprint density at radius 3 is 2.24 bits per heavy atom. The van der Waals surface area contributed by atoms with Crippen molar-refractivity contribution in [1.82, 2.24) is 29.1 Å². The molecule has 3 aromatic carbocycles. The lowest BCUT2D eigenvalue weighted by Crippen LogP contribution is -2.46. The molecule has 4 heterocycles. The third-order valence-corrected chi connectivity index (χ3v) is 9.95. The topological polar surface area (TPSA) is 105 Å². The zero-order chi connectivity index (χ0) is 34.8. The normalized spacial score (nSPS) is 20.0.